The fourth-order valence-corrected chi connectivity index (χ4v) is 2.56. The average molecular weight is 361 g/mol. The Morgan fingerprint density at radius 3 is 2.50 bits per heavy atom. The van der Waals surface area contributed by atoms with E-state index in [9.17, 15) is 4.79 Å². The van der Waals surface area contributed by atoms with Gasteiger partial charge in [0, 0.05) is 26.2 Å². The second-order valence-corrected chi connectivity index (χ2v) is 7.70. The molecule has 0 aliphatic heterocycles. The van der Waals surface area contributed by atoms with Gasteiger partial charge in [0.1, 0.15) is 5.60 Å². The van der Waals surface area contributed by atoms with E-state index in [1.807, 2.05) is 32.5 Å². The third-order valence-electron chi connectivity index (χ3n) is 3.17. The number of rotatable bonds is 10. The number of unbranched alkanes of at least 4 members (excludes halogenated alkanes) is 1. The number of nitrogens with zero attached hydrogens (tertiary/aromatic N) is 1. The summed E-state index contributed by atoms with van der Waals surface area (Å²) in [6, 6.07) is 0.0138. The van der Waals surface area contributed by atoms with Crippen LogP contribution in [0.1, 0.15) is 53.4 Å². The van der Waals surface area contributed by atoms with E-state index in [-0.39, 0.29) is 12.1 Å². The van der Waals surface area contributed by atoms with Crippen molar-refractivity contribution in [3.05, 3.63) is 0 Å². The normalized spacial score (nSPS) is 13.3. The minimum absolute atomic E-state index is 0.0138. The van der Waals surface area contributed by atoms with Crippen LogP contribution in [0.5, 0.6) is 0 Å². The van der Waals surface area contributed by atoms with Crippen LogP contribution in [0.2, 0.25) is 0 Å². The fourth-order valence-electron chi connectivity index (χ4n) is 2.07. The van der Waals surface area contributed by atoms with E-state index >= 15 is 0 Å². The van der Waals surface area contributed by atoms with Gasteiger partial charge in [0.05, 0.1) is 0 Å². The predicted octanol–water partition coefficient (Wildman–Crippen LogP) is 2.99. The molecule has 0 aromatic carbocycles. The summed E-state index contributed by atoms with van der Waals surface area (Å²) in [5.74, 6) is 1.96. The van der Waals surface area contributed by atoms with E-state index < -0.39 is 5.60 Å². The van der Waals surface area contributed by atoms with Crippen LogP contribution in [-0.4, -0.2) is 55.8 Å². The van der Waals surface area contributed by atoms with Gasteiger partial charge in [-0.25, -0.2) is 4.79 Å². The highest BCUT2D eigenvalue weighted by molar-refractivity contribution is 7.98. The van der Waals surface area contributed by atoms with E-state index in [0.29, 0.717) is 6.54 Å². The molecule has 0 aliphatic rings. The summed E-state index contributed by atoms with van der Waals surface area (Å²) in [5.41, 5.74) is -0.483. The Morgan fingerprint density at radius 2 is 1.96 bits per heavy atom. The van der Waals surface area contributed by atoms with E-state index in [1.165, 1.54) is 12.2 Å². The topological polar surface area (TPSA) is 74.8 Å². The second kappa shape index (κ2) is 13.2. The summed E-state index contributed by atoms with van der Waals surface area (Å²) < 4.78 is 5.32. The fraction of sp³-hybridized carbons (Fsp3) is 0.882. The summed E-state index contributed by atoms with van der Waals surface area (Å²) in [6.07, 6.45) is 5.95. The number of thioether (sulfide) groups is 1. The highest BCUT2D eigenvalue weighted by Gasteiger charge is 2.19. The number of aliphatic imine (C=N–C) groups is 1. The molecule has 0 aromatic rings. The minimum Gasteiger partial charge on any atom is -0.444 e. The Morgan fingerprint density at radius 1 is 1.25 bits per heavy atom. The molecule has 1 unspecified atom stereocenters. The van der Waals surface area contributed by atoms with Gasteiger partial charge in [-0.1, -0.05) is 13.3 Å². The van der Waals surface area contributed by atoms with Crippen molar-refractivity contribution < 1.29 is 9.53 Å². The van der Waals surface area contributed by atoms with E-state index in [0.717, 1.165) is 31.8 Å². The van der Waals surface area contributed by atoms with Crippen LogP contribution in [0, 0.1) is 0 Å². The number of nitrogens with one attached hydrogen (secondary N) is 3. The van der Waals surface area contributed by atoms with E-state index in [2.05, 4.69) is 34.1 Å². The smallest absolute Gasteiger partial charge is 0.407 e. The lowest BCUT2D eigenvalue weighted by molar-refractivity contribution is 0.0502. The van der Waals surface area contributed by atoms with E-state index in [4.69, 9.17) is 4.74 Å². The van der Waals surface area contributed by atoms with Crippen LogP contribution < -0.4 is 16.0 Å². The summed E-state index contributed by atoms with van der Waals surface area (Å²) in [4.78, 5) is 16.1. The van der Waals surface area contributed by atoms with Gasteiger partial charge in [-0.3, -0.25) is 4.99 Å². The van der Waals surface area contributed by atoms with Gasteiger partial charge in [-0.2, -0.15) is 11.8 Å². The molecule has 6 nitrogen and oxygen atoms in total. The Bertz CT molecular complexity index is 370. The molecule has 0 bridgehead atoms. The number of hydrogen-bond acceptors (Lipinski definition) is 4. The number of carbonyl (C=O) groups excluding carboxylic acids is 1. The van der Waals surface area contributed by atoms with Gasteiger partial charge < -0.3 is 20.7 Å². The van der Waals surface area contributed by atoms with Crippen molar-refractivity contribution in [2.45, 2.75) is 65.0 Å². The maximum atomic E-state index is 11.9. The molecular formula is C17H36N4O2S. The SMILES string of the molecule is CCCC(CNC(=NC)NCCCCSC)NC(=O)OC(C)(C)C. The molecule has 3 N–H and O–H groups in total. The molecule has 1 amide bonds. The highest BCUT2D eigenvalue weighted by Crippen LogP contribution is 2.07. The zero-order chi connectivity index (χ0) is 18.4. The molecule has 0 saturated carbocycles. The lowest BCUT2D eigenvalue weighted by Crippen LogP contribution is -2.48. The Kier molecular flexibility index (Phi) is 12.6. The van der Waals surface area contributed by atoms with Crippen molar-refractivity contribution in [3.63, 3.8) is 0 Å². The first kappa shape index (κ1) is 22.9. The van der Waals surface area contributed by atoms with Crippen molar-refractivity contribution in [3.8, 4) is 0 Å². The van der Waals surface area contributed by atoms with Crippen molar-refractivity contribution in [1.82, 2.24) is 16.0 Å². The van der Waals surface area contributed by atoms with Crippen LogP contribution in [-0.2, 0) is 4.74 Å². The Labute approximate surface area is 152 Å². The van der Waals surface area contributed by atoms with Crippen LogP contribution in [0.4, 0.5) is 4.79 Å². The first-order chi connectivity index (χ1) is 11.3. The largest absolute Gasteiger partial charge is 0.444 e. The van der Waals surface area contributed by atoms with Gasteiger partial charge in [-0.15, -0.1) is 0 Å². The summed E-state index contributed by atoms with van der Waals surface area (Å²) in [7, 11) is 1.76. The summed E-state index contributed by atoms with van der Waals surface area (Å²) in [6.45, 7) is 9.21. The number of guanidine groups is 1. The minimum atomic E-state index is -0.483. The molecule has 7 heteroatoms. The Balaban J connectivity index is 4.22. The second-order valence-electron chi connectivity index (χ2n) is 6.71. The monoisotopic (exact) mass is 360 g/mol. The van der Waals surface area contributed by atoms with Gasteiger partial charge in [0.15, 0.2) is 5.96 Å². The molecule has 0 spiro atoms. The van der Waals surface area contributed by atoms with Crippen molar-refractivity contribution in [1.29, 1.82) is 0 Å². The van der Waals surface area contributed by atoms with Gasteiger partial charge in [-0.05, 0) is 52.0 Å². The molecule has 0 aliphatic carbocycles. The highest BCUT2D eigenvalue weighted by atomic mass is 32.2. The van der Waals surface area contributed by atoms with E-state index in [1.54, 1.807) is 7.05 Å². The van der Waals surface area contributed by atoms with Crippen molar-refractivity contribution in [2.24, 2.45) is 4.99 Å². The first-order valence-electron chi connectivity index (χ1n) is 8.75. The third-order valence-corrected chi connectivity index (χ3v) is 3.86. The van der Waals surface area contributed by atoms with Gasteiger partial charge in [0.25, 0.3) is 0 Å². The third kappa shape index (κ3) is 13.3. The quantitative estimate of drug-likeness (QED) is 0.317. The number of carbonyl (C=O) groups is 1. The lowest BCUT2D eigenvalue weighted by atomic mass is 10.1. The molecular weight excluding hydrogens is 324 g/mol. The molecule has 0 heterocycles. The number of amides is 1. The molecule has 0 fully saturated rings. The van der Waals surface area contributed by atoms with Gasteiger partial charge >= 0.3 is 6.09 Å². The van der Waals surface area contributed by atoms with Crippen LogP contribution >= 0.6 is 11.8 Å². The Hall–Kier alpha value is -1.11. The zero-order valence-corrected chi connectivity index (χ0v) is 17.0. The molecule has 1 atom stereocenters. The van der Waals surface area contributed by atoms with Crippen LogP contribution in [0.25, 0.3) is 0 Å². The van der Waals surface area contributed by atoms with Crippen molar-refractivity contribution >= 4 is 23.8 Å². The number of ether oxygens (including phenoxy) is 1. The molecule has 24 heavy (non-hydrogen) atoms. The molecule has 0 saturated heterocycles. The summed E-state index contributed by atoms with van der Waals surface area (Å²) >= 11 is 1.87. The van der Waals surface area contributed by atoms with Crippen LogP contribution in [0.15, 0.2) is 4.99 Å². The maximum absolute atomic E-state index is 11.9. The molecule has 0 rings (SSSR count). The standard InChI is InChI=1S/C17H36N4O2S/c1-7-10-14(21-16(22)23-17(2,3)4)13-20-15(18-5)19-11-8-9-12-24-6/h14H,7-13H2,1-6H3,(H,21,22)(H2,18,19,20). The van der Waals surface area contributed by atoms with Crippen molar-refractivity contribution in [2.75, 3.05) is 32.1 Å². The molecule has 0 aromatic heterocycles. The zero-order valence-electron chi connectivity index (χ0n) is 16.2. The molecule has 142 valence electrons. The lowest BCUT2D eigenvalue weighted by Gasteiger charge is -2.24. The van der Waals surface area contributed by atoms with Gasteiger partial charge in [0.2, 0.25) is 0 Å². The predicted molar refractivity (Wildman–Crippen MR) is 105 cm³/mol. The summed E-state index contributed by atoms with van der Waals surface area (Å²) in [5, 5.41) is 9.51. The van der Waals surface area contributed by atoms with Crippen LogP contribution in [0.3, 0.4) is 0 Å². The first-order valence-corrected chi connectivity index (χ1v) is 10.1. The number of hydrogen-bond donors (Lipinski definition) is 3. The average Bonchev–Trinajstić information content (AvgIpc) is 2.48. The maximum Gasteiger partial charge on any atom is 0.407 e. The number of alkyl carbamates (subject to hydrolysis) is 1. The molecule has 0 radical (unpaired) electrons.